The molecule has 1 unspecified atom stereocenters. The van der Waals surface area contributed by atoms with Gasteiger partial charge in [0.15, 0.2) is 0 Å². The van der Waals surface area contributed by atoms with Crippen LogP contribution in [-0.2, 0) is 4.74 Å². The maximum absolute atomic E-state index is 6.33. The number of hydrogen-bond acceptors (Lipinski definition) is 2. The Kier molecular flexibility index (Phi) is 4.23. The van der Waals surface area contributed by atoms with E-state index in [4.69, 9.17) is 16.3 Å². The molecule has 1 aromatic carbocycles. The lowest BCUT2D eigenvalue weighted by atomic mass is 9.78. The summed E-state index contributed by atoms with van der Waals surface area (Å²) in [6, 6.07) is 6.73. The summed E-state index contributed by atoms with van der Waals surface area (Å²) >= 11 is 6.33. The summed E-state index contributed by atoms with van der Waals surface area (Å²) in [5.41, 5.74) is 2.41. The largest absolute Gasteiger partial charge is 0.381 e. The van der Waals surface area contributed by atoms with Crippen LogP contribution in [0.5, 0.6) is 0 Å². The first-order chi connectivity index (χ1) is 9.67. The van der Waals surface area contributed by atoms with Crippen LogP contribution in [0.4, 0.5) is 5.69 Å². The Morgan fingerprint density at radius 1 is 1.25 bits per heavy atom. The van der Waals surface area contributed by atoms with Crippen molar-refractivity contribution in [3.05, 3.63) is 28.8 Å². The van der Waals surface area contributed by atoms with E-state index in [-0.39, 0.29) is 5.60 Å². The molecule has 1 spiro atoms. The van der Waals surface area contributed by atoms with Crippen LogP contribution < -0.4 is 5.32 Å². The third-order valence-corrected chi connectivity index (χ3v) is 5.05. The van der Waals surface area contributed by atoms with Gasteiger partial charge in [0.1, 0.15) is 0 Å². The van der Waals surface area contributed by atoms with Crippen molar-refractivity contribution in [3.8, 4) is 0 Å². The van der Waals surface area contributed by atoms with Crippen LogP contribution in [0.3, 0.4) is 0 Å². The van der Waals surface area contributed by atoms with Gasteiger partial charge in [0.2, 0.25) is 0 Å². The molecule has 2 aliphatic rings. The number of ether oxygens (including phenoxy) is 1. The van der Waals surface area contributed by atoms with Crippen LogP contribution in [0.2, 0.25) is 5.02 Å². The quantitative estimate of drug-likeness (QED) is 0.833. The van der Waals surface area contributed by atoms with Gasteiger partial charge in [-0.25, -0.2) is 0 Å². The van der Waals surface area contributed by atoms with E-state index in [9.17, 15) is 0 Å². The van der Waals surface area contributed by atoms with E-state index >= 15 is 0 Å². The van der Waals surface area contributed by atoms with Gasteiger partial charge in [0.25, 0.3) is 0 Å². The van der Waals surface area contributed by atoms with Crippen molar-refractivity contribution in [2.75, 3.05) is 11.9 Å². The number of anilines is 1. The summed E-state index contributed by atoms with van der Waals surface area (Å²) in [7, 11) is 0. The van der Waals surface area contributed by atoms with Gasteiger partial charge in [-0.3, -0.25) is 0 Å². The van der Waals surface area contributed by atoms with E-state index in [2.05, 4.69) is 24.4 Å². The van der Waals surface area contributed by atoms with E-state index in [1.807, 2.05) is 6.07 Å². The third kappa shape index (κ3) is 3.12. The highest BCUT2D eigenvalue weighted by atomic mass is 35.5. The topological polar surface area (TPSA) is 21.3 Å². The molecule has 20 heavy (non-hydrogen) atoms. The molecule has 1 aromatic rings. The number of aryl methyl sites for hydroxylation is 1. The normalized spacial score (nSPS) is 25.6. The molecule has 1 N–H and O–H groups in total. The predicted molar refractivity (Wildman–Crippen MR) is 84.6 cm³/mol. The Morgan fingerprint density at radius 3 is 2.80 bits per heavy atom. The average molecular weight is 294 g/mol. The lowest BCUT2D eigenvalue weighted by molar-refractivity contribution is -0.103. The van der Waals surface area contributed by atoms with Crippen molar-refractivity contribution in [2.45, 2.75) is 63.5 Å². The fraction of sp³-hybridized carbons (Fsp3) is 0.647. The highest BCUT2D eigenvalue weighted by Crippen LogP contribution is 2.39. The standard InChI is InChI=1S/C17H24ClNO/c1-13-5-6-16(15(18)11-13)19-14-7-10-20-17(12-14)8-3-2-4-9-17/h5-6,11,14,19H,2-4,7-10,12H2,1H3. The van der Waals surface area contributed by atoms with Crippen molar-refractivity contribution in [2.24, 2.45) is 0 Å². The SMILES string of the molecule is Cc1ccc(NC2CCOC3(CCCCC3)C2)c(Cl)c1. The molecule has 1 aliphatic heterocycles. The molecular formula is C17H24ClNO. The van der Waals surface area contributed by atoms with E-state index in [1.54, 1.807) is 0 Å². The predicted octanol–water partition coefficient (Wildman–Crippen LogP) is 4.94. The molecule has 1 saturated heterocycles. The van der Waals surface area contributed by atoms with Crippen LogP contribution >= 0.6 is 11.6 Å². The summed E-state index contributed by atoms with van der Waals surface area (Å²) in [5, 5.41) is 4.46. The second kappa shape index (κ2) is 5.95. The molecule has 3 rings (SSSR count). The lowest BCUT2D eigenvalue weighted by Crippen LogP contribution is -2.45. The molecule has 3 heteroatoms. The molecular weight excluding hydrogens is 270 g/mol. The molecule has 1 atom stereocenters. The first kappa shape index (κ1) is 14.2. The van der Waals surface area contributed by atoms with Crippen LogP contribution in [0.1, 0.15) is 50.5 Å². The maximum atomic E-state index is 6.33. The van der Waals surface area contributed by atoms with E-state index in [0.717, 1.165) is 30.2 Å². The van der Waals surface area contributed by atoms with Crippen molar-refractivity contribution in [3.63, 3.8) is 0 Å². The Bertz CT molecular complexity index is 463. The van der Waals surface area contributed by atoms with Gasteiger partial charge in [-0.05, 0) is 50.3 Å². The summed E-state index contributed by atoms with van der Waals surface area (Å²) in [6.45, 7) is 2.95. The third-order valence-electron chi connectivity index (χ3n) is 4.74. The van der Waals surface area contributed by atoms with Crippen LogP contribution in [0.25, 0.3) is 0 Å². The average Bonchev–Trinajstić information content (AvgIpc) is 2.43. The zero-order valence-electron chi connectivity index (χ0n) is 12.3. The molecule has 0 radical (unpaired) electrons. The van der Waals surface area contributed by atoms with Crippen LogP contribution in [-0.4, -0.2) is 18.2 Å². The molecule has 0 aromatic heterocycles. The molecule has 110 valence electrons. The summed E-state index contributed by atoms with van der Waals surface area (Å²) in [4.78, 5) is 0. The number of hydrogen-bond donors (Lipinski definition) is 1. The van der Waals surface area contributed by atoms with Gasteiger partial charge in [-0.15, -0.1) is 0 Å². The van der Waals surface area contributed by atoms with Crippen molar-refractivity contribution in [1.29, 1.82) is 0 Å². The fourth-order valence-corrected chi connectivity index (χ4v) is 3.94. The minimum Gasteiger partial charge on any atom is -0.381 e. The van der Waals surface area contributed by atoms with E-state index in [1.165, 1.54) is 37.7 Å². The molecule has 1 aliphatic carbocycles. The smallest absolute Gasteiger partial charge is 0.0702 e. The van der Waals surface area contributed by atoms with Gasteiger partial charge in [-0.1, -0.05) is 36.9 Å². The zero-order chi connectivity index (χ0) is 14.0. The number of halogens is 1. The maximum Gasteiger partial charge on any atom is 0.0702 e. The Labute approximate surface area is 126 Å². The Balaban J connectivity index is 1.68. The first-order valence-electron chi connectivity index (χ1n) is 7.84. The number of nitrogens with one attached hydrogen (secondary N) is 1. The van der Waals surface area contributed by atoms with Gasteiger partial charge < -0.3 is 10.1 Å². The highest BCUT2D eigenvalue weighted by molar-refractivity contribution is 6.33. The summed E-state index contributed by atoms with van der Waals surface area (Å²) in [6.07, 6.45) is 8.66. The first-order valence-corrected chi connectivity index (χ1v) is 8.21. The van der Waals surface area contributed by atoms with E-state index < -0.39 is 0 Å². The summed E-state index contributed by atoms with van der Waals surface area (Å²) in [5.74, 6) is 0. The molecule has 2 fully saturated rings. The monoisotopic (exact) mass is 293 g/mol. The van der Waals surface area contributed by atoms with E-state index in [0.29, 0.717) is 6.04 Å². The minimum absolute atomic E-state index is 0.144. The highest BCUT2D eigenvalue weighted by Gasteiger charge is 2.38. The number of rotatable bonds is 2. The van der Waals surface area contributed by atoms with Gasteiger partial charge in [-0.2, -0.15) is 0 Å². The van der Waals surface area contributed by atoms with Gasteiger partial charge in [0.05, 0.1) is 16.3 Å². The van der Waals surface area contributed by atoms with Gasteiger partial charge >= 0.3 is 0 Å². The van der Waals surface area contributed by atoms with Crippen LogP contribution in [0, 0.1) is 6.92 Å². The zero-order valence-corrected chi connectivity index (χ0v) is 13.0. The molecule has 0 bridgehead atoms. The molecule has 1 heterocycles. The molecule has 1 saturated carbocycles. The Morgan fingerprint density at radius 2 is 2.05 bits per heavy atom. The number of benzene rings is 1. The second-order valence-corrected chi connectivity index (χ2v) is 6.82. The Hall–Kier alpha value is -0.730. The van der Waals surface area contributed by atoms with Crippen molar-refractivity contribution in [1.82, 2.24) is 0 Å². The minimum atomic E-state index is 0.144. The lowest BCUT2D eigenvalue weighted by Gasteiger charge is -2.44. The summed E-state index contributed by atoms with van der Waals surface area (Å²) < 4.78 is 6.15. The van der Waals surface area contributed by atoms with Crippen LogP contribution in [0.15, 0.2) is 18.2 Å². The van der Waals surface area contributed by atoms with Crippen molar-refractivity contribution >= 4 is 17.3 Å². The second-order valence-electron chi connectivity index (χ2n) is 6.41. The van der Waals surface area contributed by atoms with Crippen molar-refractivity contribution < 1.29 is 4.74 Å². The van der Waals surface area contributed by atoms with Gasteiger partial charge in [0, 0.05) is 12.6 Å². The fourth-order valence-electron chi connectivity index (χ4n) is 3.65. The molecule has 0 amide bonds. The molecule has 2 nitrogen and oxygen atoms in total.